The molecule has 47 valence electrons. The number of benzene rings is 1. The summed E-state index contributed by atoms with van der Waals surface area (Å²) in [5.41, 5.74) is 6.97. The first-order valence-electron chi connectivity index (χ1n) is 2.73. The van der Waals surface area contributed by atoms with Crippen molar-refractivity contribution in [2.75, 3.05) is 5.73 Å². The van der Waals surface area contributed by atoms with Gasteiger partial charge in [-0.05, 0) is 30.7 Å². The maximum absolute atomic E-state index is 10.6. The lowest BCUT2D eigenvalue weighted by Crippen LogP contribution is -1.86. The molecular weight excluding hydrogens is 114 g/mol. The van der Waals surface area contributed by atoms with Crippen LogP contribution in [0.3, 0.4) is 0 Å². The third-order valence-corrected chi connectivity index (χ3v) is 1.24. The normalized spacial score (nSPS) is 9.44. The lowest BCUT2D eigenvalue weighted by Gasteiger charge is -1.95. The minimum Gasteiger partial charge on any atom is -0.399 e. The first-order chi connectivity index (χ1) is 4.20. The summed E-state index contributed by atoms with van der Waals surface area (Å²) in [6.45, 7) is 1.82. The molecule has 0 heterocycles. The molecule has 0 aliphatic carbocycles. The first kappa shape index (κ1) is 5.95. The Hall–Kier alpha value is -1.18. The van der Waals surface area contributed by atoms with Crippen molar-refractivity contribution in [3.63, 3.8) is 0 Å². The van der Waals surface area contributed by atoms with E-state index in [-0.39, 0.29) is 5.75 Å². The van der Waals surface area contributed by atoms with E-state index in [9.17, 15) is 5.11 Å². The topological polar surface area (TPSA) is 45.9 Å². The average molecular weight is 122 g/mol. The number of hydrogen-bond donors (Lipinski definition) is 1. The summed E-state index contributed by atoms with van der Waals surface area (Å²) in [5, 5.41) is 10.6. The van der Waals surface area contributed by atoms with Crippen LogP contribution in [0.4, 0.5) is 5.69 Å². The van der Waals surface area contributed by atoms with Crippen molar-refractivity contribution in [2.45, 2.75) is 6.92 Å². The molecule has 0 atom stereocenters. The van der Waals surface area contributed by atoms with Crippen molar-refractivity contribution in [3.8, 4) is 5.75 Å². The summed E-state index contributed by atoms with van der Waals surface area (Å²) in [4.78, 5) is 0. The van der Waals surface area contributed by atoms with Gasteiger partial charge in [0.25, 0.3) is 0 Å². The highest BCUT2D eigenvalue weighted by atomic mass is 16.3. The van der Waals surface area contributed by atoms with Crippen LogP contribution >= 0.6 is 0 Å². The lowest BCUT2D eigenvalue weighted by atomic mass is 10.2. The molecule has 1 aromatic carbocycles. The lowest BCUT2D eigenvalue weighted by molar-refractivity contribution is 0.354. The molecule has 0 bridgehead atoms. The quantitative estimate of drug-likeness (QED) is 0.523. The highest BCUT2D eigenvalue weighted by molar-refractivity contribution is 5.48. The van der Waals surface area contributed by atoms with E-state index in [0.717, 1.165) is 5.56 Å². The largest absolute Gasteiger partial charge is 0.399 e. The Kier molecular flexibility index (Phi) is 1.30. The molecule has 1 rings (SSSR count). The van der Waals surface area contributed by atoms with Crippen molar-refractivity contribution in [2.24, 2.45) is 0 Å². The molecule has 1 aromatic rings. The second-order valence-electron chi connectivity index (χ2n) is 2.02. The van der Waals surface area contributed by atoms with E-state index in [4.69, 9.17) is 5.73 Å². The summed E-state index contributed by atoms with van der Waals surface area (Å²) >= 11 is 0. The van der Waals surface area contributed by atoms with Crippen LogP contribution in [0.5, 0.6) is 5.75 Å². The van der Waals surface area contributed by atoms with Crippen LogP contribution in [0.25, 0.3) is 0 Å². The molecule has 0 fully saturated rings. The zero-order valence-electron chi connectivity index (χ0n) is 5.22. The van der Waals surface area contributed by atoms with E-state index < -0.39 is 0 Å². The molecule has 0 spiro atoms. The Bertz CT molecular complexity index is 220. The van der Waals surface area contributed by atoms with E-state index >= 15 is 0 Å². The van der Waals surface area contributed by atoms with Gasteiger partial charge in [-0.1, -0.05) is 0 Å². The number of rotatable bonds is 0. The van der Waals surface area contributed by atoms with Crippen LogP contribution in [-0.4, -0.2) is 0 Å². The van der Waals surface area contributed by atoms with Gasteiger partial charge in [-0.3, -0.25) is 5.11 Å². The molecule has 2 nitrogen and oxygen atoms in total. The third-order valence-electron chi connectivity index (χ3n) is 1.24. The van der Waals surface area contributed by atoms with Crippen LogP contribution < -0.4 is 5.73 Å². The highest BCUT2D eigenvalue weighted by Gasteiger charge is 1.93. The van der Waals surface area contributed by atoms with E-state index in [1.807, 2.05) is 6.92 Å². The van der Waals surface area contributed by atoms with Crippen LogP contribution in [0, 0.1) is 6.92 Å². The Morgan fingerprint density at radius 3 is 2.56 bits per heavy atom. The van der Waals surface area contributed by atoms with E-state index in [2.05, 4.69) is 0 Å². The molecule has 9 heavy (non-hydrogen) atoms. The number of aryl methyl sites for hydroxylation is 1. The number of nitrogens with two attached hydrogens (primary N) is 1. The van der Waals surface area contributed by atoms with Gasteiger partial charge in [-0.15, -0.1) is 0 Å². The van der Waals surface area contributed by atoms with Crippen molar-refractivity contribution >= 4 is 5.69 Å². The molecular formula is C7H8NO. The number of anilines is 1. The maximum Gasteiger partial charge on any atom is 0.179 e. The van der Waals surface area contributed by atoms with Crippen LogP contribution in [0.15, 0.2) is 18.2 Å². The second kappa shape index (κ2) is 1.97. The molecule has 2 heteroatoms. The zero-order chi connectivity index (χ0) is 6.85. The SMILES string of the molecule is Cc1cc([O])ccc1N. The second-order valence-corrected chi connectivity index (χ2v) is 2.02. The van der Waals surface area contributed by atoms with E-state index in [1.54, 1.807) is 6.07 Å². The molecule has 0 unspecified atom stereocenters. The fourth-order valence-corrected chi connectivity index (χ4v) is 0.648. The Morgan fingerprint density at radius 1 is 1.44 bits per heavy atom. The Morgan fingerprint density at radius 2 is 2.11 bits per heavy atom. The van der Waals surface area contributed by atoms with Crippen molar-refractivity contribution in [1.82, 2.24) is 0 Å². The standard InChI is InChI=1S/C7H8NO/c1-5-4-6(9)2-3-7(5)8/h2-4H,8H2,1H3. The molecule has 2 N–H and O–H groups in total. The fraction of sp³-hybridized carbons (Fsp3) is 0.143. The van der Waals surface area contributed by atoms with Gasteiger partial charge in [-0.2, -0.15) is 0 Å². The Labute approximate surface area is 53.9 Å². The summed E-state index contributed by atoms with van der Waals surface area (Å²) in [7, 11) is 0. The molecule has 0 aliphatic heterocycles. The smallest absolute Gasteiger partial charge is 0.179 e. The number of hydrogen-bond acceptors (Lipinski definition) is 1. The predicted molar refractivity (Wildman–Crippen MR) is 35.7 cm³/mol. The van der Waals surface area contributed by atoms with Crippen molar-refractivity contribution in [1.29, 1.82) is 0 Å². The number of nitrogen functional groups attached to an aromatic ring is 1. The van der Waals surface area contributed by atoms with Gasteiger partial charge in [0, 0.05) is 5.69 Å². The minimum absolute atomic E-state index is 0.0155. The maximum atomic E-state index is 10.6. The van der Waals surface area contributed by atoms with Gasteiger partial charge >= 0.3 is 0 Å². The summed E-state index contributed by atoms with van der Waals surface area (Å²) in [6.07, 6.45) is 0. The Balaban J connectivity index is 3.17. The average Bonchev–Trinajstić information content (AvgIpc) is 1.80. The third kappa shape index (κ3) is 1.13. The summed E-state index contributed by atoms with van der Waals surface area (Å²) in [5.74, 6) is 0.0155. The molecule has 0 aliphatic rings. The monoisotopic (exact) mass is 122 g/mol. The van der Waals surface area contributed by atoms with E-state index in [1.165, 1.54) is 12.1 Å². The fourth-order valence-electron chi connectivity index (χ4n) is 0.648. The predicted octanol–water partition coefficient (Wildman–Crippen LogP) is 1.72. The summed E-state index contributed by atoms with van der Waals surface area (Å²) < 4.78 is 0. The van der Waals surface area contributed by atoms with E-state index in [0.29, 0.717) is 5.69 Å². The van der Waals surface area contributed by atoms with Crippen LogP contribution in [0.1, 0.15) is 5.56 Å². The van der Waals surface area contributed by atoms with Crippen molar-refractivity contribution in [3.05, 3.63) is 23.8 Å². The minimum atomic E-state index is 0.0155. The molecule has 1 radical (unpaired) electrons. The van der Waals surface area contributed by atoms with Gasteiger partial charge in [0.1, 0.15) is 0 Å². The van der Waals surface area contributed by atoms with Gasteiger partial charge < -0.3 is 5.73 Å². The molecule has 0 saturated carbocycles. The van der Waals surface area contributed by atoms with Gasteiger partial charge in [0.2, 0.25) is 0 Å². The highest BCUT2D eigenvalue weighted by Crippen LogP contribution is 2.16. The zero-order valence-corrected chi connectivity index (χ0v) is 5.22. The first-order valence-corrected chi connectivity index (χ1v) is 2.73. The van der Waals surface area contributed by atoms with Crippen molar-refractivity contribution < 1.29 is 5.11 Å². The molecule has 0 aromatic heterocycles. The van der Waals surface area contributed by atoms with Gasteiger partial charge in [0.05, 0.1) is 0 Å². The molecule has 0 saturated heterocycles. The van der Waals surface area contributed by atoms with Crippen LogP contribution in [0.2, 0.25) is 0 Å². The van der Waals surface area contributed by atoms with Crippen LogP contribution in [-0.2, 0) is 5.11 Å². The summed E-state index contributed by atoms with van der Waals surface area (Å²) in [6, 6.07) is 4.61. The van der Waals surface area contributed by atoms with Gasteiger partial charge in [-0.25, -0.2) is 0 Å². The van der Waals surface area contributed by atoms with Gasteiger partial charge in [0.15, 0.2) is 5.75 Å². The molecule has 0 amide bonds.